The fourth-order valence-corrected chi connectivity index (χ4v) is 12.5. The number of hydrogen-bond donors (Lipinski definition) is 0. The summed E-state index contributed by atoms with van der Waals surface area (Å²) in [6, 6.07) is 73.3. The van der Waals surface area contributed by atoms with Crippen molar-refractivity contribution < 1.29 is 0 Å². The second kappa shape index (κ2) is 14.6. The van der Waals surface area contributed by atoms with Gasteiger partial charge in [-0.2, -0.15) is 0 Å². The van der Waals surface area contributed by atoms with Crippen LogP contribution < -0.4 is 32.8 Å². The van der Waals surface area contributed by atoms with E-state index in [1.165, 1.54) is 76.6 Å². The van der Waals surface area contributed by atoms with Crippen molar-refractivity contribution in [3.8, 4) is 39.8 Å². The molecule has 8 aromatic carbocycles. The van der Waals surface area contributed by atoms with E-state index in [1.807, 2.05) is 43.0 Å². The van der Waals surface area contributed by atoms with Gasteiger partial charge in [0.15, 0.2) is 0 Å². The van der Waals surface area contributed by atoms with Crippen LogP contribution >= 0.6 is 0 Å². The lowest BCUT2D eigenvalue weighted by atomic mass is 9.39. The molecule has 0 bridgehead atoms. The van der Waals surface area contributed by atoms with E-state index in [9.17, 15) is 0 Å². The Kier molecular flexibility index (Phi) is 7.94. The Labute approximate surface area is 408 Å². The third-order valence-corrected chi connectivity index (χ3v) is 15.4. The normalized spacial score (nSPS) is 12.7. The molecule has 7 nitrogen and oxygen atoms in total. The molecule has 0 aliphatic carbocycles. The molecular formula is C62H37B2N7. The first-order chi connectivity index (χ1) is 35.2. The zero-order valence-corrected chi connectivity index (χ0v) is 38.1. The average Bonchev–Trinajstić information content (AvgIpc) is 4.22. The van der Waals surface area contributed by atoms with Gasteiger partial charge >= 0.3 is 0 Å². The van der Waals surface area contributed by atoms with Gasteiger partial charge in [0.05, 0.1) is 33.1 Å². The maximum atomic E-state index is 4.94. The van der Waals surface area contributed by atoms with E-state index in [2.05, 4.69) is 196 Å². The lowest BCUT2D eigenvalue weighted by Crippen LogP contribution is -2.48. The SMILES string of the molecule is c1ccc(-n2c3ccccc3c3cc4c(cc32)B(c2ccc3c5ccc(B6c7ccccc7-c7cc8c9ccccc9n(-c9ccccn9)c8cc76)cc5n(-c5ncccn5)c3c2)c2ccccc2-4)nc1. The zero-order chi connectivity index (χ0) is 46.3. The van der Waals surface area contributed by atoms with E-state index < -0.39 is 0 Å². The largest absolute Gasteiger partial charge is 0.294 e. The summed E-state index contributed by atoms with van der Waals surface area (Å²) in [7, 11) is 0. The van der Waals surface area contributed by atoms with E-state index >= 15 is 0 Å². The van der Waals surface area contributed by atoms with Crippen LogP contribution in [0.15, 0.2) is 225 Å². The summed E-state index contributed by atoms with van der Waals surface area (Å²) in [5.41, 5.74) is 19.4. The summed E-state index contributed by atoms with van der Waals surface area (Å²) in [5, 5.41) is 7.20. The Balaban J connectivity index is 0.911. The predicted octanol–water partition coefficient (Wildman–Crippen LogP) is 9.55. The predicted molar refractivity (Wildman–Crippen MR) is 294 cm³/mol. The molecule has 6 aromatic heterocycles. The van der Waals surface area contributed by atoms with Gasteiger partial charge in [-0.15, -0.1) is 0 Å². The molecule has 0 radical (unpaired) electrons. The molecule has 16 rings (SSSR count). The number of aromatic nitrogens is 7. The van der Waals surface area contributed by atoms with Gasteiger partial charge in [-0.1, -0.05) is 154 Å². The Morgan fingerprint density at radius 3 is 1.18 bits per heavy atom. The summed E-state index contributed by atoms with van der Waals surface area (Å²) in [6.07, 6.45) is 7.45. The van der Waals surface area contributed by atoms with Crippen molar-refractivity contribution in [1.82, 2.24) is 33.6 Å². The Hall–Kier alpha value is -9.33. The summed E-state index contributed by atoms with van der Waals surface area (Å²) >= 11 is 0. The Morgan fingerprint density at radius 2 is 0.690 bits per heavy atom. The third kappa shape index (κ3) is 5.40. The number of pyridine rings is 2. The molecule has 2 aliphatic heterocycles. The molecule has 0 unspecified atom stereocenters. The first-order valence-electron chi connectivity index (χ1n) is 24.3. The highest BCUT2D eigenvalue weighted by atomic mass is 15.1. The highest BCUT2D eigenvalue weighted by Crippen LogP contribution is 2.38. The third-order valence-electron chi connectivity index (χ3n) is 15.4. The van der Waals surface area contributed by atoms with Crippen molar-refractivity contribution >= 4 is 112 Å². The van der Waals surface area contributed by atoms with E-state index in [0.29, 0.717) is 5.95 Å². The molecule has 8 heterocycles. The molecule has 0 spiro atoms. The van der Waals surface area contributed by atoms with Gasteiger partial charge in [0.25, 0.3) is 0 Å². The van der Waals surface area contributed by atoms with Crippen LogP contribution in [0.2, 0.25) is 0 Å². The molecule has 326 valence electrons. The van der Waals surface area contributed by atoms with Crippen LogP contribution in [-0.2, 0) is 0 Å². The molecule has 0 fully saturated rings. The van der Waals surface area contributed by atoms with Gasteiger partial charge in [-0.3, -0.25) is 13.7 Å². The standard InChI is InChI=1S/C62H37B2N7/c1-5-18-50-40(14-1)46-34-48-42-16-3-7-20-54(42)69(60-22-9-11-28-65-60)58(48)36-52(46)63(50)38-24-26-44-45-27-25-39(33-57(45)71(56(44)32-38)62-67-30-13-31-68-62)64-51-19-6-2-15-41(51)47-35-49-43-17-4-8-21-55(43)70(59(49)37-53(47)64)61-23-10-12-29-66-61/h1-37H. The van der Waals surface area contributed by atoms with Gasteiger partial charge in [0.2, 0.25) is 19.4 Å². The van der Waals surface area contributed by atoms with Gasteiger partial charge in [-0.25, -0.2) is 19.9 Å². The van der Waals surface area contributed by atoms with Gasteiger partial charge < -0.3 is 0 Å². The summed E-state index contributed by atoms with van der Waals surface area (Å²) in [6.45, 7) is -0.0113. The van der Waals surface area contributed by atoms with Crippen molar-refractivity contribution in [2.75, 3.05) is 0 Å². The second-order valence-electron chi connectivity index (χ2n) is 19.0. The summed E-state index contributed by atoms with van der Waals surface area (Å²) in [4.78, 5) is 19.6. The maximum Gasteiger partial charge on any atom is 0.243 e. The van der Waals surface area contributed by atoms with E-state index in [4.69, 9.17) is 19.9 Å². The van der Waals surface area contributed by atoms with Crippen LogP contribution in [0, 0.1) is 0 Å². The minimum absolute atomic E-state index is 0.00563. The number of para-hydroxylation sites is 2. The first-order valence-corrected chi connectivity index (χ1v) is 24.3. The van der Waals surface area contributed by atoms with Crippen molar-refractivity contribution in [3.63, 3.8) is 0 Å². The highest BCUT2D eigenvalue weighted by molar-refractivity contribution is 7.00. The van der Waals surface area contributed by atoms with Crippen molar-refractivity contribution in [3.05, 3.63) is 225 Å². The highest BCUT2D eigenvalue weighted by Gasteiger charge is 2.37. The second-order valence-corrected chi connectivity index (χ2v) is 19.0. The molecule has 0 saturated heterocycles. The summed E-state index contributed by atoms with van der Waals surface area (Å²) in [5.74, 6) is 2.46. The number of rotatable bonds is 5. The smallest absolute Gasteiger partial charge is 0.243 e. The molecule has 0 saturated carbocycles. The zero-order valence-electron chi connectivity index (χ0n) is 38.1. The number of hydrogen-bond acceptors (Lipinski definition) is 4. The summed E-state index contributed by atoms with van der Waals surface area (Å²) < 4.78 is 6.92. The number of fused-ring (bicyclic) bond motifs is 15. The molecule has 9 heteroatoms. The lowest BCUT2D eigenvalue weighted by molar-refractivity contribution is 0.989. The van der Waals surface area contributed by atoms with Gasteiger partial charge in [-0.05, 0) is 101 Å². The fraction of sp³-hybridized carbons (Fsp3) is 0. The quantitative estimate of drug-likeness (QED) is 0.162. The molecule has 71 heavy (non-hydrogen) atoms. The minimum Gasteiger partial charge on any atom is -0.294 e. The van der Waals surface area contributed by atoms with E-state index in [1.54, 1.807) is 0 Å². The molecule has 0 amide bonds. The topological polar surface area (TPSA) is 66.3 Å². The van der Waals surface area contributed by atoms with Crippen LogP contribution in [0.1, 0.15) is 0 Å². The molecule has 0 N–H and O–H groups in total. The van der Waals surface area contributed by atoms with Crippen LogP contribution in [0.25, 0.3) is 105 Å². The number of benzene rings is 8. The Bertz CT molecular complexity index is 4270. The fourth-order valence-electron chi connectivity index (χ4n) is 12.5. The van der Waals surface area contributed by atoms with E-state index in [-0.39, 0.29) is 13.4 Å². The van der Waals surface area contributed by atoms with Crippen LogP contribution in [0.4, 0.5) is 0 Å². The lowest BCUT2D eigenvalue weighted by Gasteiger charge is -2.14. The van der Waals surface area contributed by atoms with Gasteiger partial charge in [0.1, 0.15) is 11.6 Å². The average molecular weight is 902 g/mol. The molecule has 14 aromatic rings. The van der Waals surface area contributed by atoms with Crippen LogP contribution in [0.5, 0.6) is 0 Å². The molecule has 0 atom stereocenters. The monoisotopic (exact) mass is 901 g/mol. The first kappa shape index (κ1) is 38.6. The van der Waals surface area contributed by atoms with Crippen LogP contribution in [-0.4, -0.2) is 47.1 Å². The molecular weight excluding hydrogens is 864 g/mol. The van der Waals surface area contributed by atoms with E-state index in [0.717, 1.165) is 55.5 Å². The van der Waals surface area contributed by atoms with Gasteiger partial charge in [0, 0.05) is 57.1 Å². The molecule has 2 aliphatic rings. The van der Waals surface area contributed by atoms with Crippen LogP contribution in [0.3, 0.4) is 0 Å². The maximum absolute atomic E-state index is 4.94. The van der Waals surface area contributed by atoms with Crippen molar-refractivity contribution in [2.45, 2.75) is 0 Å². The van der Waals surface area contributed by atoms with Crippen molar-refractivity contribution in [2.24, 2.45) is 0 Å². The number of nitrogens with zero attached hydrogens (tertiary/aromatic N) is 7. The minimum atomic E-state index is -0.00563. The van der Waals surface area contributed by atoms with Crippen molar-refractivity contribution in [1.29, 1.82) is 0 Å². The Morgan fingerprint density at radius 1 is 0.268 bits per heavy atom.